The molecular formula is C14H19N5O2. The van der Waals surface area contributed by atoms with Gasteiger partial charge in [-0.05, 0) is 32.3 Å². The molecule has 1 aliphatic heterocycles. The van der Waals surface area contributed by atoms with Crippen molar-refractivity contribution in [1.82, 2.24) is 20.1 Å². The Balaban J connectivity index is 1.73. The molecule has 2 aromatic heterocycles. The van der Waals surface area contributed by atoms with Gasteiger partial charge in [-0.2, -0.15) is 4.98 Å². The molecule has 7 nitrogen and oxygen atoms in total. The monoisotopic (exact) mass is 289 g/mol. The van der Waals surface area contributed by atoms with Gasteiger partial charge in [-0.1, -0.05) is 5.16 Å². The Morgan fingerprint density at radius 1 is 1.33 bits per heavy atom. The third-order valence-corrected chi connectivity index (χ3v) is 3.66. The number of piperidine rings is 1. The first kappa shape index (κ1) is 13.9. The standard InChI is InChI=1S/C14H19N5O2/c1-10-7-15-13(16-8-10)19-5-3-4-14(20,9-19)6-12-17-11(2)18-21-12/h7-8,20H,3-6,9H2,1-2H3. The molecule has 112 valence electrons. The molecule has 21 heavy (non-hydrogen) atoms. The van der Waals surface area contributed by atoms with Gasteiger partial charge in [0, 0.05) is 18.9 Å². The molecule has 1 atom stereocenters. The number of nitrogens with zero attached hydrogens (tertiary/aromatic N) is 5. The van der Waals surface area contributed by atoms with Crippen molar-refractivity contribution in [1.29, 1.82) is 0 Å². The smallest absolute Gasteiger partial charge is 0.229 e. The average Bonchev–Trinajstić information content (AvgIpc) is 2.84. The molecule has 1 unspecified atom stereocenters. The minimum absolute atomic E-state index is 0.357. The van der Waals surface area contributed by atoms with Gasteiger partial charge in [0.25, 0.3) is 0 Å². The molecule has 1 fully saturated rings. The van der Waals surface area contributed by atoms with E-state index in [1.165, 1.54) is 0 Å². The molecular weight excluding hydrogens is 270 g/mol. The average molecular weight is 289 g/mol. The van der Waals surface area contributed by atoms with Gasteiger partial charge < -0.3 is 14.5 Å². The molecule has 1 N–H and O–H groups in total. The lowest BCUT2D eigenvalue weighted by atomic mass is 9.89. The second-order valence-electron chi connectivity index (χ2n) is 5.72. The van der Waals surface area contributed by atoms with Gasteiger partial charge in [0.2, 0.25) is 11.8 Å². The van der Waals surface area contributed by atoms with Crippen molar-refractivity contribution in [2.24, 2.45) is 0 Å². The Bertz CT molecular complexity index is 612. The number of aromatic nitrogens is 4. The van der Waals surface area contributed by atoms with Gasteiger partial charge in [0.15, 0.2) is 5.82 Å². The van der Waals surface area contributed by atoms with E-state index in [9.17, 15) is 5.11 Å². The van der Waals surface area contributed by atoms with E-state index in [1.54, 1.807) is 19.3 Å². The maximum atomic E-state index is 10.8. The molecule has 0 aliphatic carbocycles. The summed E-state index contributed by atoms with van der Waals surface area (Å²) in [6.45, 7) is 5.03. The lowest BCUT2D eigenvalue weighted by Crippen LogP contribution is -2.50. The third kappa shape index (κ3) is 3.18. The number of aryl methyl sites for hydroxylation is 2. The number of β-amino-alcohol motifs (C(OH)–C–C–N with tert-alkyl or cyclic N) is 1. The fourth-order valence-corrected chi connectivity index (χ4v) is 2.67. The summed E-state index contributed by atoms with van der Waals surface area (Å²) in [5.41, 5.74) is 0.137. The Hall–Kier alpha value is -2.02. The van der Waals surface area contributed by atoms with Gasteiger partial charge in [-0.25, -0.2) is 9.97 Å². The van der Waals surface area contributed by atoms with E-state index in [0.29, 0.717) is 37.0 Å². The predicted molar refractivity (Wildman–Crippen MR) is 75.9 cm³/mol. The van der Waals surface area contributed by atoms with Crippen LogP contribution in [0.25, 0.3) is 0 Å². The zero-order valence-corrected chi connectivity index (χ0v) is 12.3. The highest BCUT2D eigenvalue weighted by Crippen LogP contribution is 2.26. The summed E-state index contributed by atoms with van der Waals surface area (Å²) >= 11 is 0. The van der Waals surface area contributed by atoms with E-state index in [4.69, 9.17) is 4.52 Å². The minimum Gasteiger partial charge on any atom is -0.388 e. The van der Waals surface area contributed by atoms with E-state index in [2.05, 4.69) is 20.1 Å². The zero-order chi connectivity index (χ0) is 14.9. The van der Waals surface area contributed by atoms with Crippen LogP contribution in [0, 0.1) is 13.8 Å². The van der Waals surface area contributed by atoms with E-state index >= 15 is 0 Å². The summed E-state index contributed by atoms with van der Waals surface area (Å²) in [5.74, 6) is 1.71. The quantitative estimate of drug-likeness (QED) is 0.903. The first-order valence-electron chi connectivity index (χ1n) is 7.09. The third-order valence-electron chi connectivity index (χ3n) is 3.66. The van der Waals surface area contributed by atoms with E-state index < -0.39 is 5.60 Å². The molecule has 1 aliphatic rings. The zero-order valence-electron chi connectivity index (χ0n) is 12.3. The van der Waals surface area contributed by atoms with Gasteiger partial charge in [0.05, 0.1) is 18.6 Å². The summed E-state index contributed by atoms with van der Waals surface area (Å²) in [4.78, 5) is 14.8. The van der Waals surface area contributed by atoms with Crippen molar-refractivity contribution in [3.8, 4) is 0 Å². The first-order valence-corrected chi connectivity index (χ1v) is 7.09. The summed E-state index contributed by atoms with van der Waals surface area (Å²) in [6.07, 6.45) is 5.52. The molecule has 2 aromatic rings. The molecule has 0 saturated carbocycles. The molecule has 7 heteroatoms. The molecule has 0 spiro atoms. The molecule has 1 saturated heterocycles. The molecule has 3 heterocycles. The second-order valence-corrected chi connectivity index (χ2v) is 5.72. The number of hydrogen-bond donors (Lipinski definition) is 1. The fraction of sp³-hybridized carbons (Fsp3) is 0.571. The van der Waals surface area contributed by atoms with E-state index in [0.717, 1.165) is 18.5 Å². The summed E-state index contributed by atoms with van der Waals surface area (Å²) < 4.78 is 5.12. The number of aliphatic hydroxyl groups is 1. The summed E-state index contributed by atoms with van der Waals surface area (Å²) in [7, 11) is 0. The molecule has 3 rings (SSSR count). The van der Waals surface area contributed by atoms with Gasteiger partial charge in [0.1, 0.15) is 0 Å². The van der Waals surface area contributed by atoms with Gasteiger partial charge >= 0.3 is 0 Å². The maximum Gasteiger partial charge on any atom is 0.229 e. The Morgan fingerprint density at radius 2 is 2.10 bits per heavy atom. The molecule has 0 radical (unpaired) electrons. The van der Waals surface area contributed by atoms with Crippen LogP contribution in [0.3, 0.4) is 0 Å². The predicted octanol–water partition coefficient (Wildman–Crippen LogP) is 1.05. The van der Waals surface area contributed by atoms with Crippen LogP contribution in [0.5, 0.6) is 0 Å². The normalized spacial score (nSPS) is 22.5. The highest BCUT2D eigenvalue weighted by molar-refractivity contribution is 5.32. The van der Waals surface area contributed by atoms with Crippen molar-refractivity contribution < 1.29 is 9.63 Å². The summed E-state index contributed by atoms with van der Waals surface area (Å²) in [5, 5.41) is 14.6. The Morgan fingerprint density at radius 3 is 2.76 bits per heavy atom. The lowest BCUT2D eigenvalue weighted by molar-refractivity contribution is 0.0189. The second kappa shape index (κ2) is 5.40. The SMILES string of the molecule is Cc1cnc(N2CCCC(O)(Cc3nc(C)no3)C2)nc1. The Labute approximate surface area is 123 Å². The van der Waals surface area contributed by atoms with E-state index in [1.807, 2.05) is 11.8 Å². The van der Waals surface area contributed by atoms with Gasteiger partial charge in [-0.15, -0.1) is 0 Å². The van der Waals surface area contributed by atoms with Crippen LogP contribution < -0.4 is 4.90 Å². The van der Waals surface area contributed by atoms with Crippen molar-refractivity contribution in [2.45, 2.75) is 38.7 Å². The number of hydrogen-bond acceptors (Lipinski definition) is 7. The molecule has 0 bridgehead atoms. The molecule has 0 amide bonds. The van der Waals surface area contributed by atoms with Crippen molar-refractivity contribution in [2.75, 3.05) is 18.0 Å². The van der Waals surface area contributed by atoms with Crippen LogP contribution in [0.1, 0.15) is 30.1 Å². The first-order chi connectivity index (χ1) is 10.0. The lowest BCUT2D eigenvalue weighted by Gasteiger charge is -2.38. The van der Waals surface area contributed by atoms with Crippen molar-refractivity contribution in [3.05, 3.63) is 29.7 Å². The van der Waals surface area contributed by atoms with Gasteiger partial charge in [-0.3, -0.25) is 0 Å². The fourth-order valence-electron chi connectivity index (χ4n) is 2.67. The van der Waals surface area contributed by atoms with E-state index in [-0.39, 0.29) is 0 Å². The van der Waals surface area contributed by atoms with Crippen LogP contribution in [-0.2, 0) is 6.42 Å². The van der Waals surface area contributed by atoms with Crippen LogP contribution in [0.4, 0.5) is 5.95 Å². The topological polar surface area (TPSA) is 88.2 Å². The molecule has 0 aromatic carbocycles. The highest BCUT2D eigenvalue weighted by Gasteiger charge is 2.36. The number of rotatable bonds is 3. The maximum absolute atomic E-state index is 10.8. The van der Waals surface area contributed by atoms with Crippen LogP contribution in [0.2, 0.25) is 0 Å². The largest absolute Gasteiger partial charge is 0.388 e. The summed E-state index contributed by atoms with van der Waals surface area (Å²) in [6, 6.07) is 0. The highest BCUT2D eigenvalue weighted by atomic mass is 16.5. The minimum atomic E-state index is -0.883. The van der Waals surface area contributed by atoms with Crippen molar-refractivity contribution >= 4 is 5.95 Å². The Kier molecular flexibility index (Phi) is 3.59. The number of anilines is 1. The van der Waals surface area contributed by atoms with Crippen LogP contribution >= 0.6 is 0 Å². The van der Waals surface area contributed by atoms with Crippen LogP contribution in [-0.4, -0.2) is 43.9 Å². The van der Waals surface area contributed by atoms with Crippen molar-refractivity contribution in [3.63, 3.8) is 0 Å². The van der Waals surface area contributed by atoms with Crippen LogP contribution in [0.15, 0.2) is 16.9 Å².